The van der Waals surface area contributed by atoms with E-state index in [-0.39, 0.29) is 18.9 Å². The third-order valence-corrected chi connectivity index (χ3v) is 9.95. The predicted molar refractivity (Wildman–Crippen MR) is 221 cm³/mol. The van der Waals surface area contributed by atoms with Gasteiger partial charge in [-0.1, -0.05) is 99.1 Å². The largest absolute Gasteiger partial charge is 0.394 e. The molecule has 2 saturated heterocycles. The van der Waals surface area contributed by atoms with E-state index in [0.29, 0.717) is 12.8 Å². The maximum atomic E-state index is 13.0. The van der Waals surface area contributed by atoms with Crippen molar-refractivity contribution in [3.05, 3.63) is 72.9 Å². The molecule has 0 radical (unpaired) electrons. The molecule has 0 saturated carbocycles. The molecule has 0 aromatic rings. The van der Waals surface area contributed by atoms with Gasteiger partial charge in [0.25, 0.3) is 0 Å². The maximum Gasteiger partial charge on any atom is 0.220 e. The van der Waals surface area contributed by atoms with Crippen molar-refractivity contribution in [2.75, 3.05) is 19.8 Å². The highest BCUT2D eigenvalue weighted by Crippen LogP contribution is 2.29. The number of hydrogen-bond acceptors (Lipinski definition) is 13. The molecule has 0 bridgehead atoms. The highest BCUT2D eigenvalue weighted by molar-refractivity contribution is 5.76. The molecule has 0 aliphatic carbocycles. The van der Waals surface area contributed by atoms with Crippen LogP contribution in [0.25, 0.3) is 0 Å². The van der Waals surface area contributed by atoms with E-state index in [1.165, 1.54) is 0 Å². The SMILES string of the molecule is C/C=C/CC/C=C/CC/C=C/C(O)C(COC1OC(CO)C(OC2OC(CO)C(O)C(O)C2O)C(O)C1O)NC(=O)CCCCCCC/C=C\C/C=C\C/C=C\CC. The van der Waals surface area contributed by atoms with Gasteiger partial charge in [0.05, 0.1) is 32.0 Å². The molecule has 2 heterocycles. The highest BCUT2D eigenvalue weighted by atomic mass is 16.7. The number of allylic oxidation sites excluding steroid dienone is 11. The average molecular weight is 824 g/mol. The van der Waals surface area contributed by atoms with Crippen molar-refractivity contribution in [1.29, 1.82) is 0 Å². The lowest BCUT2D eigenvalue weighted by Gasteiger charge is -2.46. The molecule has 2 rings (SSSR count). The van der Waals surface area contributed by atoms with Gasteiger partial charge >= 0.3 is 0 Å². The lowest BCUT2D eigenvalue weighted by Crippen LogP contribution is -2.65. The Hall–Kier alpha value is -2.57. The van der Waals surface area contributed by atoms with Crippen LogP contribution in [0.4, 0.5) is 0 Å². The summed E-state index contributed by atoms with van der Waals surface area (Å²) in [6, 6.07) is -0.946. The van der Waals surface area contributed by atoms with Crippen molar-refractivity contribution in [1.82, 2.24) is 5.32 Å². The number of carbonyl (C=O) groups is 1. The topological polar surface area (TPSA) is 228 Å². The Labute approximate surface area is 345 Å². The van der Waals surface area contributed by atoms with Gasteiger partial charge in [0.1, 0.15) is 48.8 Å². The number of aliphatic hydroxyl groups is 8. The monoisotopic (exact) mass is 824 g/mol. The number of amides is 1. The summed E-state index contributed by atoms with van der Waals surface area (Å²) >= 11 is 0. The van der Waals surface area contributed by atoms with Crippen molar-refractivity contribution in [3.8, 4) is 0 Å². The second kappa shape index (κ2) is 31.3. The lowest BCUT2D eigenvalue weighted by atomic mass is 9.97. The molecule has 9 N–H and O–H groups in total. The Balaban J connectivity index is 1.93. The Morgan fingerprint density at radius 3 is 1.90 bits per heavy atom. The highest BCUT2D eigenvalue weighted by Gasteiger charge is 2.50. The molecule has 0 aromatic carbocycles. The first-order valence-corrected chi connectivity index (χ1v) is 21.1. The minimum Gasteiger partial charge on any atom is -0.394 e. The first-order valence-electron chi connectivity index (χ1n) is 21.1. The minimum absolute atomic E-state index is 0.245. The molecule has 14 nitrogen and oxygen atoms in total. The van der Waals surface area contributed by atoms with E-state index in [2.05, 4.69) is 66.9 Å². The number of ether oxygens (including phenoxy) is 4. The van der Waals surface area contributed by atoms with E-state index in [0.717, 1.165) is 70.6 Å². The molecular formula is C44H73NO13. The van der Waals surface area contributed by atoms with Crippen molar-refractivity contribution < 1.29 is 64.6 Å². The summed E-state index contributed by atoms with van der Waals surface area (Å²) in [5, 5.41) is 86.1. The van der Waals surface area contributed by atoms with Gasteiger partial charge in [-0.25, -0.2) is 0 Å². The summed E-state index contributed by atoms with van der Waals surface area (Å²) in [7, 11) is 0. The van der Waals surface area contributed by atoms with Crippen LogP contribution < -0.4 is 5.32 Å². The van der Waals surface area contributed by atoms with Crippen LogP contribution in [-0.4, -0.2) is 140 Å². The zero-order chi connectivity index (χ0) is 42.5. The zero-order valence-corrected chi connectivity index (χ0v) is 34.5. The van der Waals surface area contributed by atoms with E-state index in [1.54, 1.807) is 6.08 Å². The molecule has 12 atom stereocenters. The van der Waals surface area contributed by atoms with Crippen molar-refractivity contribution in [2.24, 2.45) is 0 Å². The molecule has 332 valence electrons. The molecule has 2 aliphatic heterocycles. The second-order valence-electron chi connectivity index (χ2n) is 14.7. The van der Waals surface area contributed by atoms with Crippen LogP contribution in [0.1, 0.15) is 104 Å². The van der Waals surface area contributed by atoms with Crippen LogP contribution in [0.15, 0.2) is 72.9 Å². The van der Waals surface area contributed by atoms with Gasteiger partial charge in [0, 0.05) is 6.42 Å². The van der Waals surface area contributed by atoms with Gasteiger partial charge < -0.3 is 65.1 Å². The molecule has 12 unspecified atom stereocenters. The van der Waals surface area contributed by atoms with Crippen LogP contribution >= 0.6 is 0 Å². The summed E-state index contributed by atoms with van der Waals surface area (Å²) in [5.41, 5.74) is 0. The molecule has 1 amide bonds. The average Bonchev–Trinajstić information content (AvgIpc) is 3.22. The molecule has 2 fully saturated rings. The van der Waals surface area contributed by atoms with E-state index < -0.39 is 86.8 Å². The molecule has 58 heavy (non-hydrogen) atoms. The van der Waals surface area contributed by atoms with E-state index >= 15 is 0 Å². The normalized spacial score (nSPS) is 29.6. The Bertz CT molecular complexity index is 1250. The van der Waals surface area contributed by atoms with E-state index in [4.69, 9.17) is 18.9 Å². The number of carbonyl (C=O) groups excluding carboxylic acids is 1. The van der Waals surface area contributed by atoms with Crippen molar-refractivity contribution >= 4 is 5.91 Å². The lowest BCUT2D eigenvalue weighted by molar-refractivity contribution is -0.359. The van der Waals surface area contributed by atoms with Crippen LogP contribution in [-0.2, 0) is 23.7 Å². The van der Waals surface area contributed by atoms with Gasteiger partial charge in [-0.2, -0.15) is 0 Å². The van der Waals surface area contributed by atoms with Crippen LogP contribution in [0, 0.1) is 0 Å². The number of aliphatic hydroxyl groups excluding tert-OH is 8. The predicted octanol–water partition coefficient (Wildman–Crippen LogP) is 3.31. The van der Waals surface area contributed by atoms with Crippen LogP contribution in [0.5, 0.6) is 0 Å². The Kier molecular flexibility index (Phi) is 27.9. The molecular weight excluding hydrogens is 750 g/mol. The van der Waals surface area contributed by atoms with E-state index in [9.17, 15) is 45.6 Å². The first kappa shape index (κ1) is 51.6. The maximum absolute atomic E-state index is 13.0. The van der Waals surface area contributed by atoms with Crippen molar-refractivity contribution in [3.63, 3.8) is 0 Å². The number of hydrogen-bond donors (Lipinski definition) is 9. The zero-order valence-electron chi connectivity index (χ0n) is 34.5. The summed E-state index contributed by atoms with van der Waals surface area (Å²) in [6.07, 6.45) is 19.9. The fraction of sp³-hybridized carbons (Fsp3) is 0.705. The third-order valence-electron chi connectivity index (χ3n) is 9.95. The Morgan fingerprint density at radius 1 is 0.655 bits per heavy atom. The minimum atomic E-state index is -1.79. The van der Waals surface area contributed by atoms with Gasteiger partial charge in [-0.15, -0.1) is 0 Å². The Morgan fingerprint density at radius 2 is 1.22 bits per heavy atom. The summed E-state index contributed by atoms with van der Waals surface area (Å²) < 4.78 is 22.5. The fourth-order valence-electron chi connectivity index (χ4n) is 6.46. The molecule has 0 aromatic heterocycles. The number of unbranched alkanes of at least 4 members (excludes halogenated alkanes) is 7. The summed E-state index contributed by atoms with van der Waals surface area (Å²) in [6.45, 7) is 2.34. The van der Waals surface area contributed by atoms with Crippen LogP contribution in [0.2, 0.25) is 0 Å². The number of nitrogens with one attached hydrogen (secondary N) is 1. The van der Waals surface area contributed by atoms with Crippen molar-refractivity contribution in [2.45, 2.75) is 177 Å². The first-order chi connectivity index (χ1) is 28.1. The standard InChI is InChI=1S/C44H73NO13/c1-3-5-7-9-11-13-14-15-16-17-18-20-22-24-26-28-36(49)45-32(33(48)27-25-23-21-19-12-10-8-6-4-2)31-55-43-41(54)39(52)42(35(30-47)57-43)58-44-40(53)38(51)37(50)34(29-46)56-44/h4-7,11-13,15-16,19,25,27,32-35,37-44,46-48,50-54H,3,8-10,14,17-18,20-24,26,28-31H2,1-2H3,(H,45,49)/b6-4+,7-5-,13-11-,16-15-,19-12+,27-25+. The van der Waals surface area contributed by atoms with Gasteiger partial charge in [0.2, 0.25) is 5.91 Å². The quantitative estimate of drug-likeness (QED) is 0.0390. The van der Waals surface area contributed by atoms with E-state index in [1.807, 2.05) is 19.1 Å². The summed E-state index contributed by atoms with van der Waals surface area (Å²) in [4.78, 5) is 13.0. The van der Waals surface area contributed by atoms with Gasteiger partial charge in [-0.3, -0.25) is 4.79 Å². The third kappa shape index (κ3) is 19.7. The smallest absolute Gasteiger partial charge is 0.220 e. The second-order valence-corrected chi connectivity index (χ2v) is 14.7. The summed E-state index contributed by atoms with van der Waals surface area (Å²) in [5.74, 6) is -0.280. The molecule has 14 heteroatoms. The van der Waals surface area contributed by atoms with Crippen LogP contribution in [0.3, 0.4) is 0 Å². The molecule has 2 aliphatic rings. The van der Waals surface area contributed by atoms with Gasteiger partial charge in [0.15, 0.2) is 12.6 Å². The fourth-order valence-corrected chi connectivity index (χ4v) is 6.46. The molecule has 0 spiro atoms. The number of rotatable bonds is 29. The van der Waals surface area contributed by atoms with Gasteiger partial charge in [-0.05, 0) is 71.1 Å².